The van der Waals surface area contributed by atoms with Crippen LogP contribution in [0.15, 0.2) is 36.5 Å². The van der Waals surface area contributed by atoms with Crippen LogP contribution in [0, 0.1) is 17.0 Å². The van der Waals surface area contributed by atoms with Gasteiger partial charge in [0.15, 0.2) is 0 Å². The summed E-state index contributed by atoms with van der Waals surface area (Å²) >= 11 is 0. The molecule has 126 valence electrons. The van der Waals surface area contributed by atoms with Crippen LogP contribution in [0.4, 0.5) is 11.4 Å². The number of anilines is 1. The number of nitrogens with zero attached hydrogens (tertiary/aromatic N) is 2. The zero-order chi connectivity index (χ0) is 17.5. The molecule has 0 aliphatic heterocycles. The number of carbonyl (C=O) groups excluding carboxylic acids is 1. The molecule has 0 aliphatic carbocycles. The summed E-state index contributed by atoms with van der Waals surface area (Å²) in [5.41, 5.74) is 0.873. The van der Waals surface area contributed by atoms with Crippen molar-refractivity contribution in [2.75, 3.05) is 11.9 Å². The number of hydrogen-bond donors (Lipinski definition) is 1. The van der Waals surface area contributed by atoms with Crippen molar-refractivity contribution >= 4 is 17.3 Å². The van der Waals surface area contributed by atoms with E-state index in [9.17, 15) is 14.9 Å². The van der Waals surface area contributed by atoms with E-state index < -0.39 is 10.8 Å². The van der Waals surface area contributed by atoms with Gasteiger partial charge in [0.05, 0.1) is 28.5 Å². The summed E-state index contributed by atoms with van der Waals surface area (Å²) in [6.45, 7) is 4.25. The van der Waals surface area contributed by atoms with Gasteiger partial charge < -0.3 is 10.1 Å². The van der Waals surface area contributed by atoms with E-state index in [1.54, 1.807) is 25.1 Å². The number of para-hydroxylation sites is 2. The van der Waals surface area contributed by atoms with Gasteiger partial charge in [0.2, 0.25) is 0 Å². The first-order valence-electron chi connectivity index (χ1n) is 7.67. The molecule has 0 spiro atoms. The van der Waals surface area contributed by atoms with Crippen LogP contribution >= 0.6 is 0 Å². The SMILES string of the molecule is CCCCOc1ccccc1NC(=O)c1cc([N+](=O)[O-])cnc1C. The van der Waals surface area contributed by atoms with Crippen LogP contribution in [0.25, 0.3) is 0 Å². The lowest BCUT2D eigenvalue weighted by atomic mass is 10.1. The lowest BCUT2D eigenvalue weighted by molar-refractivity contribution is -0.385. The smallest absolute Gasteiger partial charge is 0.288 e. The van der Waals surface area contributed by atoms with E-state index in [0.717, 1.165) is 19.0 Å². The van der Waals surface area contributed by atoms with Gasteiger partial charge in [0.1, 0.15) is 11.9 Å². The molecule has 7 nitrogen and oxygen atoms in total. The van der Waals surface area contributed by atoms with Crippen LogP contribution in [-0.4, -0.2) is 22.4 Å². The standard InChI is InChI=1S/C17H19N3O4/c1-3-4-9-24-16-8-6-5-7-15(16)19-17(21)14-10-13(20(22)23)11-18-12(14)2/h5-8,10-11H,3-4,9H2,1-2H3,(H,19,21). The van der Waals surface area contributed by atoms with E-state index in [1.165, 1.54) is 6.07 Å². The Labute approximate surface area is 139 Å². The zero-order valence-corrected chi connectivity index (χ0v) is 13.6. The Balaban J connectivity index is 2.21. The molecular weight excluding hydrogens is 310 g/mol. The highest BCUT2D eigenvalue weighted by Crippen LogP contribution is 2.25. The van der Waals surface area contributed by atoms with Crippen molar-refractivity contribution in [1.82, 2.24) is 4.98 Å². The molecule has 2 rings (SSSR count). The second-order valence-corrected chi connectivity index (χ2v) is 5.24. The van der Waals surface area contributed by atoms with Gasteiger partial charge in [-0.3, -0.25) is 19.9 Å². The molecule has 0 saturated heterocycles. The quantitative estimate of drug-likeness (QED) is 0.474. The molecular formula is C17H19N3O4. The molecule has 7 heteroatoms. The fraction of sp³-hybridized carbons (Fsp3) is 0.294. The van der Waals surface area contributed by atoms with E-state index in [0.29, 0.717) is 23.7 Å². The lowest BCUT2D eigenvalue weighted by Crippen LogP contribution is -2.15. The predicted octanol–water partition coefficient (Wildman–Crippen LogP) is 3.73. The van der Waals surface area contributed by atoms with Crippen molar-refractivity contribution in [3.05, 3.63) is 57.9 Å². The van der Waals surface area contributed by atoms with Crippen molar-refractivity contribution in [1.29, 1.82) is 0 Å². The maximum atomic E-state index is 12.5. The van der Waals surface area contributed by atoms with Crippen LogP contribution in [0.1, 0.15) is 35.8 Å². The molecule has 2 aromatic rings. The Hall–Kier alpha value is -2.96. The van der Waals surface area contributed by atoms with Gasteiger partial charge in [-0.1, -0.05) is 25.5 Å². The van der Waals surface area contributed by atoms with Gasteiger partial charge in [-0.05, 0) is 25.5 Å². The summed E-state index contributed by atoms with van der Waals surface area (Å²) in [4.78, 5) is 26.7. The fourth-order valence-electron chi connectivity index (χ4n) is 2.06. The summed E-state index contributed by atoms with van der Waals surface area (Å²) in [6.07, 6.45) is 3.05. The highest BCUT2D eigenvalue weighted by atomic mass is 16.6. The third-order valence-electron chi connectivity index (χ3n) is 3.42. The summed E-state index contributed by atoms with van der Waals surface area (Å²) < 4.78 is 5.67. The molecule has 1 amide bonds. The average Bonchev–Trinajstić information content (AvgIpc) is 2.56. The lowest BCUT2D eigenvalue weighted by Gasteiger charge is -2.12. The largest absolute Gasteiger partial charge is 0.491 e. The molecule has 0 radical (unpaired) electrons. The summed E-state index contributed by atoms with van der Waals surface area (Å²) in [6, 6.07) is 8.30. The number of ether oxygens (including phenoxy) is 1. The molecule has 1 N–H and O–H groups in total. The van der Waals surface area contributed by atoms with Gasteiger partial charge in [-0.2, -0.15) is 0 Å². The molecule has 0 unspecified atom stereocenters. The molecule has 0 fully saturated rings. The number of nitro groups is 1. The second kappa shape index (κ2) is 8.05. The Bertz CT molecular complexity index is 746. The van der Waals surface area contributed by atoms with Crippen LogP contribution in [0.2, 0.25) is 0 Å². The number of rotatable bonds is 7. The first-order valence-corrected chi connectivity index (χ1v) is 7.67. The number of carbonyl (C=O) groups is 1. The maximum Gasteiger partial charge on any atom is 0.288 e. The highest BCUT2D eigenvalue weighted by Gasteiger charge is 2.17. The summed E-state index contributed by atoms with van der Waals surface area (Å²) in [7, 11) is 0. The molecule has 1 heterocycles. The Morgan fingerprint density at radius 3 is 2.83 bits per heavy atom. The Morgan fingerprint density at radius 2 is 2.12 bits per heavy atom. The van der Waals surface area contributed by atoms with Gasteiger partial charge in [-0.25, -0.2) is 0 Å². The van der Waals surface area contributed by atoms with Crippen molar-refractivity contribution in [2.45, 2.75) is 26.7 Å². The first-order chi connectivity index (χ1) is 11.5. The monoisotopic (exact) mass is 329 g/mol. The number of unbranched alkanes of at least 4 members (excludes halogenated alkanes) is 1. The Kier molecular flexibility index (Phi) is 5.83. The molecule has 24 heavy (non-hydrogen) atoms. The van der Waals surface area contributed by atoms with Crippen molar-refractivity contribution in [3.63, 3.8) is 0 Å². The normalized spacial score (nSPS) is 10.2. The topological polar surface area (TPSA) is 94.4 Å². The van der Waals surface area contributed by atoms with E-state index in [2.05, 4.69) is 17.2 Å². The van der Waals surface area contributed by atoms with Crippen LogP contribution in [0.5, 0.6) is 5.75 Å². The summed E-state index contributed by atoms with van der Waals surface area (Å²) in [5, 5.41) is 13.6. The van der Waals surface area contributed by atoms with Crippen LogP contribution in [0.3, 0.4) is 0 Å². The fourth-order valence-corrected chi connectivity index (χ4v) is 2.06. The van der Waals surface area contributed by atoms with E-state index in [1.807, 2.05) is 6.07 Å². The number of pyridine rings is 1. The summed E-state index contributed by atoms with van der Waals surface area (Å²) in [5.74, 6) is 0.102. The molecule has 0 saturated carbocycles. The maximum absolute atomic E-state index is 12.5. The van der Waals surface area contributed by atoms with Crippen LogP contribution < -0.4 is 10.1 Å². The van der Waals surface area contributed by atoms with Crippen molar-refractivity contribution in [2.24, 2.45) is 0 Å². The molecule has 0 atom stereocenters. The van der Waals surface area contributed by atoms with E-state index in [-0.39, 0.29) is 11.3 Å². The third-order valence-corrected chi connectivity index (χ3v) is 3.42. The van der Waals surface area contributed by atoms with Crippen molar-refractivity contribution in [3.8, 4) is 5.75 Å². The van der Waals surface area contributed by atoms with Gasteiger partial charge in [0, 0.05) is 6.07 Å². The number of aryl methyl sites for hydroxylation is 1. The second-order valence-electron chi connectivity index (χ2n) is 5.24. The number of amides is 1. The predicted molar refractivity (Wildman–Crippen MR) is 90.4 cm³/mol. The third kappa shape index (κ3) is 4.28. The highest BCUT2D eigenvalue weighted by molar-refractivity contribution is 6.06. The minimum atomic E-state index is -0.578. The van der Waals surface area contributed by atoms with E-state index >= 15 is 0 Å². The number of nitrogens with one attached hydrogen (secondary N) is 1. The number of aromatic nitrogens is 1. The minimum Gasteiger partial charge on any atom is -0.491 e. The first kappa shape index (κ1) is 17.4. The zero-order valence-electron chi connectivity index (χ0n) is 13.6. The Morgan fingerprint density at radius 1 is 1.38 bits per heavy atom. The number of benzene rings is 1. The molecule has 1 aromatic heterocycles. The van der Waals surface area contributed by atoms with Gasteiger partial charge in [0.25, 0.3) is 11.6 Å². The van der Waals surface area contributed by atoms with E-state index in [4.69, 9.17) is 4.74 Å². The van der Waals surface area contributed by atoms with Crippen molar-refractivity contribution < 1.29 is 14.5 Å². The minimum absolute atomic E-state index is 0.160. The molecule has 0 aliphatic rings. The van der Waals surface area contributed by atoms with Gasteiger partial charge >= 0.3 is 0 Å². The number of hydrogen-bond acceptors (Lipinski definition) is 5. The van der Waals surface area contributed by atoms with Crippen LogP contribution in [-0.2, 0) is 0 Å². The molecule has 0 bridgehead atoms. The molecule has 1 aromatic carbocycles. The average molecular weight is 329 g/mol. The van der Waals surface area contributed by atoms with Gasteiger partial charge in [-0.15, -0.1) is 0 Å².